The molecule has 0 aromatic heterocycles. The average molecular weight is 312 g/mol. The van der Waals surface area contributed by atoms with Crippen molar-refractivity contribution in [3.05, 3.63) is 0 Å². The fraction of sp³-hybridized carbons (Fsp3) is 0.941. The number of carbonyl (C=O) groups excluding carboxylic acids is 1. The van der Waals surface area contributed by atoms with Gasteiger partial charge in [0.15, 0.2) is 0 Å². The van der Waals surface area contributed by atoms with Gasteiger partial charge in [0.2, 0.25) is 0 Å². The maximum Gasteiger partial charge on any atom is 0.410 e. The molecule has 2 heterocycles. The SMILES string of the molecule is CC(C)(C)OC(=O)N1CCC(OCCC2CCNCC2)CC1. The van der Waals surface area contributed by atoms with Gasteiger partial charge in [-0.3, -0.25) is 0 Å². The lowest BCUT2D eigenvalue weighted by Gasteiger charge is -2.33. The molecule has 1 N–H and O–H groups in total. The van der Waals surface area contributed by atoms with E-state index < -0.39 is 5.60 Å². The third-order valence-corrected chi connectivity index (χ3v) is 4.43. The van der Waals surface area contributed by atoms with Crippen molar-refractivity contribution in [2.75, 3.05) is 32.8 Å². The number of nitrogens with one attached hydrogen (secondary N) is 1. The fourth-order valence-corrected chi connectivity index (χ4v) is 3.10. The minimum Gasteiger partial charge on any atom is -0.444 e. The molecule has 0 saturated carbocycles. The monoisotopic (exact) mass is 312 g/mol. The summed E-state index contributed by atoms with van der Waals surface area (Å²) >= 11 is 0. The van der Waals surface area contributed by atoms with Gasteiger partial charge in [0.1, 0.15) is 5.60 Å². The van der Waals surface area contributed by atoms with Gasteiger partial charge in [-0.15, -0.1) is 0 Å². The number of hydrogen-bond acceptors (Lipinski definition) is 4. The van der Waals surface area contributed by atoms with Crippen LogP contribution in [0.4, 0.5) is 4.79 Å². The molecular weight excluding hydrogens is 280 g/mol. The number of nitrogens with zero attached hydrogens (tertiary/aromatic N) is 1. The molecule has 2 saturated heterocycles. The Kier molecular flexibility index (Phi) is 6.50. The Balaban J connectivity index is 1.59. The van der Waals surface area contributed by atoms with E-state index in [0.717, 1.165) is 51.5 Å². The van der Waals surface area contributed by atoms with Gasteiger partial charge in [0, 0.05) is 19.7 Å². The van der Waals surface area contributed by atoms with Gasteiger partial charge in [-0.25, -0.2) is 4.79 Å². The summed E-state index contributed by atoms with van der Waals surface area (Å²) in [5, 5.41) is 3.40. The molecule has 0 bridgehead atoms. The van der Waals surface area contributed by atoms with Gasteiger partial charge >= 0.3 is 6.09 Å². The number of hydrogen-bond donors (Lipinski definition) is 1. The molecule has 0 aromatic rings. The van der Waals surface area contributed by atoms with Crippen molar-refractivity contribution in [2.24, 2.45) is 5.92 Å². The first kappa shape index (κ1) is 17.5. The second kappa shape index (κ2) is 8.16. The smallest absolute Gasteiger partial charge is 0.410 e. The van der Waals surface area contributed by atoms with Crippen LogP contribution >= 0.6 is 0 Å². The topological polar surface area (TPSA) is 50.8 Å². The van der Waals surface area contributed by atoms with Crippen LogP contribution in [0.15, 0.2) is 0 Å². The zero-order chi connectivity index (χ0) is 16.0. The number of piperidine rings is 2. The van der Waals surface area contributed by atoms with Gasteiger partial charge in [0.25, 0.3) is 0 Å². The Bertz CT molecular complexity index is 340. The van der Waals surface area contributed by atoms with Crippen molar-refractivity contribution in [3.63, 3.8) is 0 Å². The van der Waals surface area contributed by atoms with E-state index in [4.69, 9.17) is 9.47 Å². The van der Waals surface area contributed by atoms with Crippen LogP contribution in [0.1, 0.15) is 52.9 Å². The van der Waals surface area contributed by atoms with Crippen LogP contribution in [0, 0.1) is 5.92 Å². The minimum atomic E-state index is -0.417. The highest BCUT2D eigenvalue weighted by Crippen LogP contribution is 2.20. The van der Waals surface area contributed by atoms with E-state index in [2.05, 4.69) is 5.32 Å². The fourth-order valence-electron chi connectivity index (χ4n) is 3.10. The normalized spacial score (nSPS) is 21.9. The third-order valence-electron chi connectivity index (χ3n) is 4.43. The maximum atomic E-state index is 12.0. The Morgan fingerprint density at radius 1 is 1.14 bits per heavy atom. The van der Waals surface area contributed by atoms with E-state index >= 15 is 0 Å². The summed E-state index contributed by atoms with van der Waals surface area (Å²) in [7, 11) is 0. The highest BCUT2D eigenvalue weighted by molar-refractivity contribution is 5.68. The van der Waals surface area contributed by atoms with Crippen LogP contribution < -0.4 is 5.32 Å². The van der Waals surface area contributed by atoms with Crippen molar-refractivity contribution >= 4 is 6.09 Å². The van der Waals surface area contributed by atoms with E-state index in [-0.39, 0.29) is 6.09 Å². The van der Waals surface area contributed by atoms with Gasteiger partial charge in [-0.2, -0.15) is 0 Å². The molecule has 128 valence electrons. The number of likely N-dealkylation sites (tertiary alicyclic amines) is 1. The predicted octanol–water partition coefficient (Wildman–Crippen LogP) is 2.79. The molecule has 2 rings (SSSR count). The molecule has 0 aliphatic carbocycles. The first-order chi connectivity index (χ1) is 10.4. The Hall–Kier alpha value is -0.810. The second-order valence-electron chi connectivity index (χ2n) is 7.52. The van der Waals surface area contributed by atoms with Crippen LogP contribution in [-0.2, 0) is 9.47 Å². The third kappa shape index (κ3) is 6.13. The minimum absolute atomic E-state index is 0.194. The Labute approximate surface area is 134 Å². The summed E-state index contributed by atoms with van der Waals surface area (Å²) in [4.78, 5) is 13.8. The molecule has 0 spiro atoms. The zero-order valence-corrected chi connectivity index (χ0v) is 14.4. The zero-order valence-electron chi connectivity index (χ0n) is 14.4. The molecule has 5 heteroatoms. The molecular formula is C17H32N2O3. The standard InChI is InChI=1S/C17H32N2O3/c1-17(2,3)22-16(20)19-11-6-15(7-12-19)21-13-8-14-4-9-18-10-5-14/h14-15,18H,4-13H2,1-3H3. The van der Waals surface area contributed by atoms with Crippen LogP contribution in [0.25, 0.3) is 0 Å². The molecule has 0 atom stereocenters. The summed E-state index contributed by atoms with van der Waals surface area (Å²) in [5.41, 5.74) is -0.417. The summed E-state index contributed by atoms with van der Waals surface area (Å²) in [6, 6.07) is 0. The molecule has 22 heavy (non-hydrogen) atoms. The number of rotatable bonds is 4. The highest BCUT2D eigenvalue weighted by Gasteiger charge is 2.27. The largest absolute Gasteiger partial charge is 0.444 e. The predicted molar refractivity (Wildman–Crippen MR) is 87.0 cm³/mol. The first-order valence-corrected chi connectivity index (χ1v) is 8.74. The molecule has 2 aliphatic rings. The van der Waals surface area contributed by atoms with E-state index in [1.165, 1.54) is 19.3 Å². The van der Waals surface area contributed by atoms with Gasteiger partial charge < -0.3 is 19.7 Å². The van der Waals surface area contributed by atoms with Crippen LogP contribution in [0.3, 0.4) is 0 Å². The van der Waals surface area contributed by atoms with E-state index in [9.17, 15) is 4.79 Å². The first-order valence-electron chi connectivity index (χ1n) is 8.74. The second-order valence-corrected chi connectivity index (χ2v) is 7.52. The Morgan fingerprint density at radius 3 is 2.36 bits per heavy atom. The van der Waals surface area contributed by atoms with E-state index in [1.54, 1.807) is 4.90 Å². The molecule has 2 fully saturated rings. The van der Waals surface area contributed by atoms with Crippen molar-refractivity contribution in [1.82, 2.24) is 10.2 Å². The van der Waals surface area contributed by atoms with Gasteiger partial charge in [-0.05, 0) is 71.9 Å². The molecule has 0 radical (unpaired) electrons. The summed E-state index contributed by atoms with van der Waals surface area (Å²) < 4.78 is 11.4. The van der Waals surface area contributed by atoms with Crippen molar-refractivity contribution in [2.45, 2.75) is 64.6 Å². The molecule has 2 aliphatic heterocycles. The number of carbonyl (C=O) groups is 1. The Morgan fingerprint density at radius 2 is 1.77 bits per heavy atom. The molecule has 0 unspecified atom stereocenters. The lowest BCUT2D eigenvalue weighted by atomic mass is 9.95. The maximum absolute atomic E-state index is 12.0. The molecule has 1 amide bonds. The lowest BCUT2D eigenvalue weighted by molar-refractivity contribution is -0.0147. The van der Waals surface area contributed by atoms with Crippen LogP contribution in [-0.4, -0.2) is 55.5 Å². The van der Waals surface area contributed by atoms with Crippen molar-refractivity contribution < 1.29 is 14.3 Å². The molecule has 0 aromatic carbocycles. The average Bonchev–Trinajstić information content (AvgIpc) is 2.47. The highest BCUT2D eigenvalue weighted by atomic mass is 16.6. The van der Waals surface area contributed by atoms with Crippen molar-refractivity contribution in [3.8, 4) is 0 Å². The van der Waals surface area contributed by atoms with Crippen molar-refractivity contribution in [1.29, 1.82) is 0 Å². The van der Waals surface area contributed by atoms with Gasteiger partial charge in [0.05, 0.1) is 6.10 Å². The number of amides is 1. The quantitative estimate of drug-likeness (QED) is 0.867. The lowest BCUT2D eigenvalue weighted by Crippen LogP contribution is -2.43. The van der Waals surface area contributed by atoms with Gasteiger partial charge in [-0.1, -0.05) is 0 Å². The summed E-state index contributed by atoms with van der Waals surface area (Å²) in [6.45, 7) is 10.4. The molecule has 5 nitrogen and oxygen atoms in total. The van der Waals surface area contributed by atoms with E-state index in [0.29, 0.717) is 6.10 Å². The summed E-state index contributed by atoms with van der Waals surface area (Å²) in [5.74, 6) is 0.822. The van der Waals surface area contributed by atoms with Crippen LogP contribution in [0.5, 0.6) is 0 Å². The van der Waals surface area contributed by atoms with Crippen LogP contribution in [0.2, 0.25) is 0 Å². The summed E-state index contributed by atoms with van der Waals surface area (Å²) in [6.07, 6.45) is 5.69. The van der Waals surface area contributed by atoms with E-state index in [1.807, 2.05) is 20.8 Å². The number of ether oxygens (including phenoxy) is 2.